The van der Waals surface area contributed by atoms with Crippen LogP contribution in [0.4, 0.5) is 21.5 Å². The predicted octanol–water partition coefficient (Wildman–Crippen LogP) is 2.74. The van der Waals surface area contributed by atoms with Gasteiger partial charge in [-0.25, -0.2) is 4.39 Å². The van der Waals surface area contributed by atoms with Crippen molar-refractivity contribution < 1.29 is 9.13 Å². The lowest BCUT2D eigenvalue weighted by Crippen LogP contribution is -2.46. The highest BCUT2D eigenvalue weighted by Crippen LogP contribution is 2.27. The highest BCUT2D eigenvalue weighted by atomic mass is 19.1. The number of benzene rings is 2. The topological polar surface area (TPSA) is 41.7 Å². The normalized spacial score (nSPS) is 15.0. The van der Waals surface area contributed by atoms with Gasteiger partial charge in [0.05, 0.1) is 18.5 Å². The molecule has 2 N–H and O–H groups in total. The number of nitrogens with two attached hydrogens (primary N) is 1. The molecule has 0 saturated carbocycles. The van der Waals surface area contributed by atoms with Crippen LogP contribution in [-0.4, -0.2) is 33.3 Å². The minimum atomic E-state index is -0.293. The summed E-state index contributed by atoms with van der Waals surface area (Å²) in [5.41, 5.74) is 8.52. The van der Waals surface area contributed by atoms with E-state index in [9.17, 15) is 4.39 Å². The van der Waals surface area contributed by atoms with E-state index in [2.05, 4.69) is 21.9 Å². The molecule has 4 nitrogen and oxygen atoms in total. The van der Waals surface area contributed by atoms with E-state index in [0.29, 0.717) is 5.69 Å². The minimum Gasteiger partial charge on any atom is -0.497 e. The first kappa shape index (κ1) is 14.5. The third-order valence-corrected chi connectivity index (χ3v) is 4.05. The molecule has 22 heavy (non-hydrogen) atoms. The number of ether oxygens (including phenoxy) is 1. The zero-order valence-electron chi connectivity index (χ0n) is 12.6. The molecule has 5 heteroatoms. The first-order chi connectivity index (χ1) is 10.7. The summed E-state index contributed by atoms with van der Waals surface area (Å²) in [5, 5.41) is 0. The van der Waals surface area contributed by atoms with Gasteiger partial charge in [-0.2, -0.15) is 0 Å². The number of nitrogen functional groups attached to an aromatic ring is 1. The van der Waals surface area contributed by atoms with Crippen molar-refractivity contribution >= 4 is 17.1 Å². The summed E-state index contributed by atoms with van der Waals surface area (Å²) in [6.07, 6.45) is 0. The summed E-state index contributed by atoms with van der Waals surface area (Å²) in [7, 11) is 1.67. The van der Waals surface area contributed by atoms with Gasteiger partial charge in [-0.05, 0) is 42.5 Å². The van der Waals surface area contributed by atoms with Gasteiger partial charge in [-0.15, -0.1) is 0 Å². The second-order valence-corrected chi connectivity index (χ2v) is 5.38. The summed E-state index contributed by atoms with van der Waals surface area (Å²) >= 11 is 0. The van der Waals surface area contributed by atoms with Gasteiger partial charge in [-0.1, -0.05) is 0 Å². The van der Waals surface area contributed by atoms with E-state index in [0.717, 1.165) is 37.6 Å². The number of methoxy groups -OCH3 is 1. The van der Waals surface area contributed by atoms with E-state index in [1.165, 1.54) is 17.8 Å². The van der Waals surface area contributed by atoms with Crippen molar-refractivity contribution in [3.63, 3.8) is 0 Å². The number of hydrogen-bond donors (Lipinski definition) is 1. The molecule has 3 rings (SSSR count). The Labute approximate surface area is 129 Å². The number of anilines is 3. The number of halogens is 1. The third kappa shape index (κ3) is 2.93. The number of piperazine rings is 1. The molecule has 0 amide bonds. The second kappa shape index (κ2) is 6.13. The van der Waals surface area contributed by atoms with Gasteiger partial charge in [0, 0.05) is 31.9 Å². The molecule has 1 saturated heterocycles. The Balaban J connectivity index is 1.66. The van der Waals surface area contributed by atoms with E-state index in [1.807, 2.05) is 12.1 Å². The maximum absolute atomic E-state index is 13.1. The van der Waals surface area contributed by atoms with Crippen LogP contribution in [0.1, 0.15) is 0 Å². The fourth-order valence-corrected chi connectivity index (χ4v) is 2.81. The highest BCUT2D eigenvalue weighted by molar-refractivity contribution is 5.68. The van der Waals surface area contributed by atoms with Crippen LogP contribution >= 0.6 is 0 Å². The van der Waals surface area contributed by atoms with Crippen LogP contribution in [0, 0.1) is 5.82 Å². The molecule has 0 aromatic heterocycles. The van der Waals surface area contributed by atoms with Crippen molar-refractivity contribution in [2.24, 2.45) is 0 Å². The van der Waals surface area contributed by atoms with Gasteiger partial charge in [-0.3, -0.25) is 0 Å². The molecule has 0 spiro atoms. The standard InChI is InChI=1S/C17H20FN3O/c1-22-15-5-3-14(4-6-15)20-8-10-21(11-9-20)17-7-2-13(18)12-16(17)19/h2-7,12H,8-11,19H2,1H3. The lowest BCUT2D eigenvalue weighted by molar-refractivity contribution is 0.415. The van der Waals surface area contributed by atoms with Crippen LogP contribution in [-0.2, 0) is 0 Å². The molecule has 1 fully saturated rings. The summed E-state index contributed by atoms with van der Waals surface area (Å²) < 4.78 is 18.3. The molecule has 2 aromatic carbocycles. The average molecular weight is 301 g/mol. The first-order valence-corrected chi connectivity index (χ1v) is 7.36. The molecule has 1 heterocycles. The van der Waals surface area contributed by atoms with Gasteiger partial charge < -0.3 is 20.3 Å². The van der Waals surface area contributed by atoms with Crippen molar-refractivity contribution in [3.05, 3.63) is 48.3 Å². The van der Waals surface area contributed by atoms with E-state index >= 15 is 0 Å². The summed E-state index contributed by atoms with van der Waals surface area (Å²) in [6.45, 7) is 3.54. The van der Waals surface area contributed by atoms with Crippen molar-refractivity contribution in [1.82, 2.24) is 0 Å². The van der Waals surface area contributed by atoms with Crippen molar-refractivity contribution in [1.29, 1.82) is 0 Å². The lowest BCUT2D eigenvalue weighted by atomic mass is 10.2. The predicted molar refractivity (Wildman–Crippen MR) is 88.2 cm³/mol. The Morgan fingerprint density at radius 1 is 0.955 bits per heavy atom. The lowest BCUT2D eigenvalue weighted by Gasteiger charge is -2.37. The molecule has 2 aromatic rings. The van der Waals surface area contributed by atoms with Crippen LogP contribution in [0.5, 0.6) is 5.75 Å². The summed E-state index contributed by atoms with van der Waals surface area (Å²) in [4.78, 5) is 4.53. The monoisotopic (exact) mass is 301 g/mol. The van der Waals surface area contributed by atoms with Crippen molar-refractivity contribution in [2.75, 3.05) is 48.8 Å². The Kier molecular flexibility index (Phi) is 4.04. The zero-order chi connectivity index (χ0) is 15.5. The highest BCUT2D eigenvalue weighted by Gasteiger charge is 2.19. The fourth-order valence-electron chi connectivity index (χ4n) is 2.81. The van der Waals surface area contributed by atoms with Crippen LogP contribution < -0.4 is 20.3 Å². The van der Waals surface area contributed by atoms with Crippen LogP contribution in [0.2, 0.25) is 0 Å². The largest absolute Gasteiger partial charge is 0.497 e. The SMILES string of the molecule is COc1ccc(N2CCN(c3ccc(F)cc3N)CC2)cc1. The number of nitrogens with zero attached hydrogens (tertiary/aromatic N) is 2. The molecule has 1 aliphatic heterocycles. The molecule has 0 unspecified atom stereocenters. The maximum atomic E-state index is 13.1. The van der Waals surface area contributed by atoms with Crippen molar-refractivity contribution in [2.45, 2.75) is 0 Å². The molecule has 1 aliphatic rings. The fraction of sp³-hybridized carbons (Fsp3) is 0.294. The summed E-state index contributed by atoms with van der Waals surface area (Å²) in [6, 6.07) is 12.7. The van der Waals surface area contributed by atoms with E-state index in [1.54, 1.807) is 13.2 Å². The minimum absolute atomic E-state index is 0.293. The van der Waals surface area contributed by atoms with Crippen LogP contribution in [0.15, 0.2) is 42.5 Å². The molecular weight excluding hydrogens is 281 g/mol. The smallest absolute Gasteiger partial charge is 0.125 e. The average Bonchev–Trinajstić information content (AvgIpc) is 2.55. The van der Waals surface area contributed by atoms with Gasteiger partial charge >= 0.3 is 0 Å². The van der Waals surface area contributed by atoms with Crippen LogP contribution in [0.25, 0.3) is 0 Å². The Hall–Kier alpha value is -2.43. The van der Waals surface area contributed by atoms with E-state index in [-0.39, 0.29) is 5.82 Å². The Morgan fingerprint density at radius 3 is 2.18 bits per heavy atom. The maximum Gasteiger partial charge on any atom is 0.125 e. The molecule has 0 radical (unpaired) electrons. The van der Waals surface area contributed by atoms with Gasteiger partial charge in [0.1, 0.15) is 11.6 Å². The molecule has 0 bridgehead atoms. The zero-order valence-corrected chi connectivity index (χ0v) is 12.6. The third-order valence-electron chi connectivity index (χ3n) is 4.05. The molecule has 0 atom stereocenters. The quantitative estimate of drug-likeness (QED) is 0.885. The number of hydrogen-bond acceptors (Lipinski definition) is 4. The van der Waals surface area contributed by atoms with E-state index in [4.69, 9.17) is 10.5 Å². The first-order valence-electron chi connectivity index (χ1n) is 7.36. The van der Waals surface area contributed by atoms with Crippen molar-refractivity contribution in [3.8, 4) is 5.75 Å². The number of rotatable bonds is 3. The van der Waals surface area contributed by atoms with Gasteiger partial charge in [0.25, 0.3) is 0 Å². The second-order valence-electron chi connectivity index (χ2n) is 5.38. The van der Waals surface area contributed by atoms with E-state index < -0.39 is 0 Å². The Morgan fingerprint density at radius 2 is 1.59 bits per heavy atom. The molecule has 116 valence electrons. The molecular formula is C17H20FN3O. The Bertz CT molecular complexity index is 637. The molecule has 0 aliphatic carbocycles. The van der Waals surface area contributed by atoms with Crippen LogP contribution in [0.3, 0.4) is 0 Å². The van der Waals surface area contributed by atoms with Gasteiger partial charge in [0.15, 0.2) is 0 Å². The summed E-state index contributed by atoms with van der Waals surface area (Å²) in [5.74, 6) is 0.569. The van der Waals surface area contributed by atoms with Gasteiger partial charge in [0.2, 0.25) is 0 Å².